The quantitative estimate of drug-likeness (QED) is 0.0746. The van der Waals surface area contributed by atoms with Crippen LogP contribution < -0.4 is 14.4 Å². The van der Waals surface area contributed by atoms with Crippen molar-refractivity contribution in [1.82, 2.24) is 0 Å². The highest BCUT2D eigenvalue weighted by atomic mass is 32.1. The topological polar surface area (TPSA) is 55.8 Å². The zero-order chi connectivity index (χ0) is 38.6. The van der Waals surface area contributed by atoms with Crippen molar-refractivity contribution in [2.24, 2.45) is 0 Å². The molecule has 0 bridgehead atoms. The van der Waals surface area contributed by atoms with Gasteiger partial charge in [-0.3, -0.25) is 0 Å². The Bertz CT molecular complexity index is 2430. The second kappa shape index (κ2) is 15.9. The van der Waals surface area contributed by atoms with Gasteiger partial charge in [-0.1, -0.05) is 55.6 Å². The van der Waals surface area contributed by atoms with E-state index in [-0.39, 0.29) is 11.4 Å². The average Bonchev–Trinajstić information content (AvgIpc) is 3.84. The lowest BCUT2D eigenvalue weighted by atomic mass is 9.99. The molecule has 0 atom stereocenters. The molecule has 55 heavy (non-hydrogen) atoms. The molecule has 5 nitrogen and oxygen atoms in total. The molecule has 0 aliphatic carbocycles. The predicted molar refractivity (Wildman–Crippen MR) is 220 cm³/mol. The third kappa shape index (κ3) is 7.94. The van der Waals surface area contributed by atoms with Crippen LogP contribution in [0.1, 0.15) is 9.75 Å². The van der Waals surface area contributed by atoms with E-state index in [1.54, 1.807) is 88.2 Å². The first kappa shape index (κ1) is 36.9. The van der Waals surface area contributed by atoms with Crippen LogP contribution in [0.2, 0.25) is 0 Å². The number of para-hydroxylation sites is 1. The van der Waals surface area contributed by atoms with E-state index in [4.69, 9.17) is 9.47 Å². The maximum Gasteiger partial charge on any atom is 0.335 e. The van der Waals surface area contributed by atoms with Crippen LogP contribution in [0.25, 0.3) is 43.1 Å². The highest BCUT2D eigenvalue weighted by Gasteiger charge is 2.22. The smallest absolute Gasteiger partial charge is 0.335 e. The van der Waals surface area contributed by atoms with E-state index in [2.05, 4.69) is 13.2 Å². The van der Waals surface area contributed by atoms with E-state index < -0.39 is 23.6 Å². The standard InChI is InChI=1S/C46H33F2NO4S2/c1-5-45(50)52-41-20-16-30(24-35(41)43-22-12-28(3)54-43)32-14-18-39(37(47)26-32)49(34-10-8-7-9-11-34)40-19-15-33(27-38(40)48)31-17-21-42(53-46(51)6-2)36(25-31)44-23-13-29(4)55-44/h5-27H,1-2H2,3-4H3. The van der Waals surface area contributed by atoms with E-state index in [9.17, 15) is 9.59 Å². The van der Waals surface area contributed by atoms with Crippen LogP contribution >= 0.6 is 22.7 Å². The molecule has 0 saturated heterocycles. The third-order valence-electron chi connectivity index (χ3n) is 8.78. The SMILES string of the molecule is C=CC(=O)Oc1ccc(-c2ccc(N(c3ccccc3)c3ccc(-c4ccc(OC(=O)C=C)c(-c5ccc(C)s5)c4)cc3F)c(F)c2)cc1-c1ccc(C)s1. The van der Waals surface area contributed by atoms with Gasteiger partial charge in [-0.2, -0.15) is 0 Å². The Morgan fingerprint density at radius 1 is 0.564 bits per heavy atom. The van der Waals surface area contributed by atoms with Gasteiger partial charge in [0.15, 0.2) is 0 Å². The number of rotatable bonds is 11. The van der Waals surface area contributed by atoms with E-state index in [1.807, 2.05) is 68.4 Å². The predicted octanol–water partition coefficient (Wildman–Crippen LogP) is 13.0. The summed E-state index contributed by atoms with van der Waals surface area (Å²) >= 11 is 3.10. The molecule has 0 amide bonds. The molecule has 272 valence electrons. The van der Waals surface area contributed by atoms with Gasteiger partial charge in [0.2, 0.25) is 0 Å². The second-order valence-corrected chi connectivity index (χ2v) is 15.1. The number of nitrogens with zero attached hydrogens (tertiary/aromatic N) is 1. The third-order valence-corrected chi connectivity index (χ3v) is 10.9. The maximum atomic E-state index is 16.4. The number of esters is 2. The van der Waals surface area contributed by atoms with Crippen molar-refractivity contribution in [3.8, 4) is 54.6 Å². The highest BCUT2D eigenvalue weighted by molar-refractivity contribution is 7.15. The van der Waals surface area contributed by atoms with Gasteiger partial charge < -0.3 is 14.4 Å². The van der Waals surface area contributed by atoms with Gasteiger partial charge in [0, 0.05) is 48.5 Å². The number of thiophene rings is 2. The molecule has 0 fully saturated rings. The molecule has 0 N–H and O–H groups in total. The molecular weight excluding hydrogens is 733 g/mol. The minimum absolute atomic E-state index is 0.149. The molecule has 0 unspecified atom stereocenters. The van der Waals surface area contributed by atoms with Crippen molar-refractivity contribution in [1.29, 1.82) is 0 Å². The lowest BCUT2D eigenvalue weighted by Crippen LogP contribution is -2.13. The summed E-state index contributed by atoms with van der Waals surface area (Å²) in [5, 5.41) is 0. The van der Waals surface area contributed by atoms with Crippen LogP contribution in [0.15, 0.2) is 153 Å². The van der Waals surface area contributed by atoms with Crippen molar-refractivity contribution in [2.75, 3.05) is 4.90 Å². The molecule has 9 heteroatoms. The fourth-order valence-corrected chi connectivity index (χ4v) is 7.94. The summed E-state index contributed by atoms with van der Waals surface area (Å²) in [6.45, 7) is 11.0. The Balaban J connectivity index is 1.27. The van der Waals surface area contributed by atoms with Crippen molar-refractivity contribution >= 4 is 51.7 Å². The zero-order valence-corrected chi connectivity index (χ0v) is 31.5. The van der Waals surface area contributed by atoms with Crippen molar-refractivity contribution < 1.29 is 27.8 Å². The lowest BCUT2D eigenvalue weighted by Gasteiger charge is -2.27. The molecule has 2 heterocycles. The van der Waals surface area contributed by atoms with Crippen LogP contribution in [0.5, 0.6) is 11.5 Å². The molecule has 0 saturated carbocycles. The molecule has 0 aliphatic rings. The first-order valence-corrected chi connectivity index (χ1v) is 18.8. The first-order valence-electron chi connectivity index (χ1n) is 17.2. The van der Waals surface area contributed by atoms with Gasteiger partial charge in [0.1, 0.15) is 23.1 Å². The number of benzene rings is 5. The minimum Gasteiger partial charge on any atom is -0.423 e. The summed E-state index contributed by atoms with van der Waals surface area (Å²) in [5.41, 5.74) is 4.81. The van der Waals surface area contributed by atoms with E-state index in [0.29, 0.717) is 50.6 Å². The summed E-state index contributed by atoms with van der Waals surface area (Å²) in [5.74, 6) is -1.57. The monoisotopic (exact) mass is 765 g/mol. The lowest BCUT2D eigenvalue weighted by molar-refractivity contribution is -0.129. The fourth-order valence-electron chi connectivity index (χ4n) is 6.16. The van der Waals surface area contributed by atoms with Gasteiger partial charge in [-0.15, -0.1) is 22.7 Å². The molecule has 7 aromatic rings. The molecule has 2 aromatic heterocycles. The largest absolute Gasteiger partial charge is 0.423 e. The molecule has 0 aliphatic heterocycles. The van der Waals surface area contributed by atoms with Crippen LogP contribution in [-0.2, 0) is 9.59 Å². The number of aryl methyl sites for hydroxylation is 2. The van der Waals surface area contributed by atoms with E-state index >= 15 is 8.78 Å². The van der Waals surface area contributed by atoms with Crippen molar-refractivity contribution in [3.63, 3.8) is 0 Å². The summed E-state index contributed by atoms with van der Waals surface area (Å²) in [7, 11) is 0. The Labute approximate surface area is 325 Å². The van der Waals surface area contributed by atoms with Crippen LogP contribution in [-0.4, -0.2) is 11.9 Å². The summed E-state index contributed by atoms with van der Waals surface area (Å²) in [6, 6.07) is 37.2. The number of hydrogen-bond donors (Lipinski definition) is 0. The van der Waals surface area contributed by atoms with Gasteiger partial charge in [-0.05, 0) is 121 Å². The number of hydrogen-bond acceptors (Lipinski definition) is 7. The summed E-state index contributed by atoms with van der Waals surface area (Å²) < 4.78 is 43.9. The average molecular weight is 766 g/mol. The maximum absolute atomic E-state index is 16.4. The second-order valence-electron chi connectivity index (χ2n) is 12.5. The molecule has 0 spiro atoms. The van der Waals surface area contributed by atoms with E-state index in [1.165, 1.54) is 12.1 Å². The van der Waals surface area contributed by atoms with E-state index in [0.717, 1.165) is 31.7 Å². The molecule has 5 aromatic carbocycles. The number of carbonyl (C=O) groups excluding carboxylic acids is 2. The van der Waals surface area contributed by atoms with Gasteiger partial charge in [0.25, 0.3) is 0 Å². The van der Waals surface area contributed by atoms with Crippen molar-refractivity contribution in [2.45, 2.75) is 13.8 Å². The Morgan fingerprint density at radius 3 is 1.36 bits per heavy atom. The fraction of sp³-hybridized carbons (Fsp3) is 0.0435. The molecule has 7 rings (SSSR count). The van der Waals surface area contributed by atoms with Crippen LogP contribution in [0.3, 0.4) is 0 Å². The highest BCUT2D eigenvalue weighted by Crippen LogP contribution is 2.43. The first-order chi connectivity index (χ1) is 26.6. The zero-order valence-electron chi connectivity index (χ0n) is 29.8. The number of carbonyl (C=O) groups is 2. The Kier molecular flexibility index (Phi) is 10.7. The summed E-state index contributed by atoms with van der Waals surface area (Å²) in [6.07, 6.45) is 2.21. The van der Waals surface area contributed by atoms with Gasteiger partial charge in [0.05, 0.1) is 11.4 Å². The summed E-state index contributed by atoms with van der Waals surface area (Å²) in [4.78, 5) is 29.7. The number of ether oxygens (including phenoxy) is 2. The number of halogens is 2. The minimum atomic E-state index is -0.582. The normalized spacial score (nSPS) is 10.8. The Morgan fingerprint density at radius 2 is 0.982 bits per heavy atom. The van der Waals surface area contributed by atoms with Crippen LogP contribution in [0, 0.1) is 25.5 Å². The Hall–Kier alpha value is -6.42. The van der Waals surface area contributed by atoms with Gasteiger partial charge >= 0.3 is 11.9 Å². The van der Waals surface area contributed by atoms with Crippen LogP contribution in [0.4, 0.5) is 25.8 Å². The van der Waals surface area contributed by atoms with Crippen molar-refractivity contribution in [3.05, 3.63) is 174 Å². The molecule has 0 radical (unpaired) electrons. The molecular formula is C46H33F2NO4S2. The number of anilines is 3. The van der Waals surface area contributed by atoms with Gasteiger partial charge in [-0.25, -0.2) is 18.4 Å².